The summed E-state index contributed by atoms with van der Waals surface area (Å²) in [5.41, 5.74) is -0.892. The van der Waals surface area contributed by atoms with Gasteiger partial charge in [0.2, 0.25) is 11.6 Å². The van der Waals surface area contributed by atoms with Crippen molar-refractivity contribution < 1.29 is 14.3 Å². The van der Waals surface area contributed by atoms with Crippen molar-refractivity contribution in [2.45, 2.75) is 32.5 Å². The Bertz CT molecular complexity index is 193. The molecule has 0 saturated carbocycles. The normalized spacial score (nSPS) is 31.3. The maximum atomic E-state index is 11.0. The lowest BCUT2D eigenvalue weighted by Crippen LogP contribution is -2.29. The lowest BCUT2D eigenvalue weighted by Gasteiger charge is -2.13. The monoisotopic (exact) mass is 142 g/mol. The zero-order valence-corrected chi connectivity index (χ0v) is 6.30. The van der Waals surface area contributed by atoms with Crippen LogP contribution in [0.25, 0.3) is 0 Å². The Morgan fingerprint density at radius 1 is 1.40 bits per heavy atom. The van der Waals surface area contributed by atoms with Gasteiger partial charge in [0.05, 0.1) is 0 Å². The molecule has 0 aromatic heterocycles. The fourth-order valence-electron chi connectivity index (χ4n) is 1.03. The van der Waals surface area contributed by atoms with Crippen molar-refractivity contribution in [3.63, 3.8) is 0 Å². The Balaban J connectivity index is 2.92. The molecule has 1 fully saturated rings. The summed E-state index contributed by atoms with van der Waals surface area (Å²) >= 11 is 0. The lowest BCUT2D eigenvalue weighted by atomic mass is 10.0. The first-order valence-corrected chi connectivity index (χ1v) is 3.21. The fraction of sp³-hybridized carbons (Fsp3) is 0.714. The molecule has 3 nitrogen and oxygen atoms in total. The van der Waals surface area contributed by atoms with Gasteiger partial charge in [-0.05, 0) is 20.8 Å². The molecule has 0 radical (unpaired) electrons. The fourth-order valence-corrected chi connectivity index (χ4v) is 1.03. The minimum absolute atomic E-state index is 0.412. The standard InChI is InChI=1S/C7H10O3/c1-4-5(8)6(9)7(2,3)10-4/h4H,1-3H3/t4-/m0/s1. The SMILES string of the molecule is C[C@@H]1OC(C)(C)C(=O)C1=O. The van der Waals surface area contributed by atoms with Gasteiger partial charge in [0.1, 0.15) is 11.7 Å². The predicted molar refractivity (Wildman–Crippen MR) is 34.6 cm³/mol. The van der Waals surface area contributed by atoms with E-state index in [0.717, 1.165) is 0 Å². The summed E-state index contributed by atoms with van der Waals surface area (Å²) in [6.07, 6.45) is -0.553. The van der Waals surface area contributed by atoms with Crippen LogP contribution in [0.4, 0.5) is 0 Å². The molecule has 0 aliphatic carbocycles. The van der Waals surface area contributed by atoms with Gasteiger partial charge in [0, 0.05) is 0 Å². The highest BCUT2D eigenvalue weighted by Crippen LogP contribution is 2.22. The first-order chi connectivity index (χ1) is 4.45. The minimum Gasteiger partial charge on any atom is -0.356 e. The highest BCUT2D eigenvalue weighted by Gasteiger charge is 2.45. The molecule has 3 heteroatoms. The predicted octanol–water partition coefficient (Wildman–Crippen LogP) is 0.322. The van der Waals surface area contributed by atoms with Crippen molar-refractivity contribution in [3.8, 4) is 0 Å². The molecule has 0 N–H and O–H groups in total. The molecular formula is C7H10O3. The van der Waals surface area contributed by atoms with E-state index >= 15 is 0 Å². The molecule has 0 spiro atoms. The third-order valence-corrected chi connectivity index (χ3v) is 1.61. The maximum Gasteiger partial charge on any atom is 0.232 e. The van der Waals surface area contributed by atoms with Gasteiger partial charge in [0.25, 0.3) is 0 Å². The first-order valence-electron chi connectivity index (χ1n) is 3.21. The minimum atomic E-state index is -0.892. The van der Waals surface area contributed by atoms with Gasteiger partial charge in [-0.15, -0.1) is 0 Å². The molecular weight excluding hydrogens is 132 g/mol. The molecule has 0 aromatic rings. The molecule has 10 heavy (non-hydrogen) atoms. The molecule has 0 aromatic carbocycles. The molecule has 56 valence electrons. The van der Waals surface area contributed by atoms with Crippen molar-refractivity contribution in [3.05, 3.63) is 0 Å². The largest absolute Gasteiger partial charge is 0.356 e. The van der Waals surface area contributed by atoms with Crippen LogP contribution in [0, 0.1) is 0 Å². The van der Waals surface area contributed by atoms with Crippen LogP contribution in [0.15, 0.2) is 0 Å². The summed E-state index contributed by atoms with van der Waals surface area (Å²) in [6.45, 7) is 4.81. The van der Waals surface area contributed by atoms with Crippen LogP contribution >= 0.6 is 0 Å². The van der Waals surface area contributed by atoms with Gasteiger partial charge in [-0.25, -0.2) is 0 Å². The number of carbonyl (C=O) groups is 2. The summed E-state index contributed by atoms with van der Waals surface area (Å²) in [7, 11) is 0. The Hall–Kier alpha value is -0.700. The van der Waals surface area contributed by atoms with Crippen LogP contribution in [-0.4, -0.2) is 23.3 Å². The van der Waals surface area contributed by atoms with Gasteiger partial charge < -0.3 is 4.74 Å². The maximum absolute atomic E-state index is 11.0. The van der Waals surface area contributed by atoms with Crippen molar-refractivity contribution in [2.24, 2.45) is 0 Å². The Morgan fingerprint density at radius 2 is 1.90 bits per heavy atom. The van der Waals surface area contributed by atoms with E-state index in [-0.39, 0.29) is 0 Å². The van der Waals surface area contributed by atoms with Gasteiger partial charge in [-0.3, -0.25) is 9.59 Å². The molecule has 1 heterocycles. The Labute approximate surface area is 59.4 Å². The molecule has 0 bridgehead atoms. The van der Waals surface area contributed by atoms with Crippen LogP contribution in [0.2, 0.25) is 0 Å². The molecule has 1 saturated heterocycles. The quantitative estimate of drug-likeness (QED) is 0.457. The smallest absolute Gasteiger partial charge is 0.232 e. The summed E-state index contributed by atoms with van der Waals surface area (Å²) < 4.78 is 5.07. The van der Waals surface area contributed by atoms with Crippen molar-refractivity contribution >= 4 is 11.6 Å². The number of ether oxygens (including phenoxy) is 1. The van der Waals surface area contributed by atoms with E-state index in [1.54, 1.807) is 20.8 Å². The molecule has 1 aliphatic heterocycles. The lowest BCUT2D eigenvalue weighted by molar-refractivity contribution is -0.136. The zero-order valence-electron chi connectivity index (χ0n) is 6.30. The van der Waals surface area contributed by atoms with E-state index in [1.165, 1.54) is 0 Å². The number of hydrogen-bond donors (Lipinski definition) is 0. The average molecular weight is 142 g/mol. The Kier molecular flexibility index (Phi) is 1.40. The number of carbonyl (C=O) groups excluding carboxylic acids is 2. The summed E-state index contributed by atoms with van der Waals surface area (Å²) in [5.74, 6) is -0.829. The van der Waals surface area contributed by atoms with Crippen molar-refractivity contribution in [1.82, 2.24) is 0 Å². The van der Waals surface area contributed by atoms with Gasteiger partial charge in [-0.1, -0.05) is 0 Å². The third kappa shape index (κ3) is 0.865. The van der Waals surface area contributed by atoms with E-state index in [0.29, 0.717) is 0 Å². The third-order valence-electron chi connectivity index (χ3n) is 1.61. The van der Waals surface area contributed by atoms with E-state index in [9.17, 15) is 9.59 Å². The van der Waals surface area contributed by atoms with Crippen LogP contribution in [0.1, 0.15) is 20.8 Å². The summed E-state index contributed by atoms with van der Waals surface area (Å²) in [6, 6.07) is 0. The van der Waals surface area contributed by atoms with E-state index in [4.69, 9.17) is 4.74 Å². The van der Waals surface area contributed by atoms with Crippen molar-refractivity contribution in [1.29, 1.82) is 0 Å². The van der Waals surface area contributed by atoms with Crippen molar-refractivity contribution in [2.75, 3.05) is 0 Å². The molecule has 1 atom stereocenters. The van der Waals surface area contributed by atoms with E-state index in [1.807, 2.05) is 0 Å². The molecule has 1 aliphatic rings. The highest BCUT2D eigenvalue weighted by molar-refractivity contribution is 6.43. The second kappa shape index (κ2) is 1.89. The molecule has 0 amide bonds. The molecule has 1 rings (SSSR count). The van der Waals surface area contributed by atoms with Gasteiger partial charge in [-0.2, -0.15) is 0 Å². The van der Waals surface area contributed by atoms with Gasteiger partial charge >= 0.3 is 0 Å². The highest BCUT2D eigenvalue weighted by atomic mass is 16.5. The second-order valence-electron chi connectivity index (χ2n) is 2.96. The van der Waals surface area contributed by atoms with E-state index < -0.39 is 23.3 Å². The number of ketones is 2. The molecule has 0 unspecified atom stereocenters. The topological polar surface area (TPSA) is 43.4 Å². The first kappa shape index (κ1) is 7.41. The van der Waals surface area contributed by atoms with Gasteiger partial charge in [0.15, 0.2) is 0 Å². The Morgan fingerprint density at radius 3 is 2.00 bits per heavy atom. The number of hydrogen-bond acceptors (Lipinski definition) is 3. The summed E-state index contributed by atoms with van der Waals surface area (Å²) in [4.78, 5) is 21.8. The second-order valence-corrected chi connectivity index (χ2v) is 2.96. The van der Waals surface area contributed by atoms with Crippen LogP contribution in [0.3, 0.4) is 0 Å². The number of rotatable bonds is 0. The zero-order chi connectivity index (χ0) is 7.94. The van der Waals surface area contributed by atoms with E-state index in [2.05, 4.69) is 0 Å². The van der Waals surface area contributed by atoms with Crippen LogP contribution in [-0.2, 0) is 14.3 Å². The van der Waals surface area contributed by atoms with Crippen LogP contribution < -0.4 is 0 Å². The number of Topliss-reactive ketones (excluding diaryl/α,β-unsaturated/α-hetero) is 2. The summed E-state index contributed by atoms with van der Waals surface area (Å²) in [5, 5.41) is 0. The van der Waals surface area contributed by atoms with Crippen LogP contribution in [0.5, 0.6) is 0 Å². The average Bonchev–Trinajstić information content (AvgIpc) is 1.95.